The lowest BCUT2D eigenvalue weighted by Crippen LogP contribution is -2.49. The van der Waals surface area contributed by atoms with Gasteiger partial charge in [0.25, 0.3) is 0 Å². The van der Waals surface area contributed by atoms with E-state index in [9.17, 15) is 14.4 Å². The van der Waals surface area contributed by atoms with Gasteiger partial charge in [0, 0.05) is 19.1 Å². The average Bonchev–Trinajstić information content (AvgIpc) is 3.06. The van der Waals surface area contributed by atoms with Crippen molar-refractivity contribution < 1.29 is 19.5 Å². The lowest BCUT2D eigenvalue weighted by atomic mass is 10.0. The van der Waals surface area contributed by atoms with Crippen LogP contribution in [0.1, 0.15) is 24.4 Å². The second-order valence-corrected chi connectivity index (χ2v) is 5.81. The van der Waals surface area contributed by atoms with Crippen molar-refractivity contribution >= 4 is 18.0 Å². The van der Waals surface area contributed by atoms with Crippen molar-refractivity contribution in [3.05, 3.63) is 17.7 Å². The number of nitrogens with zero attached hydrogens (tertiary/aromatic N) is 4. The van der Waals surface area contributed by atoms with Gasteiger partial charge in [-0.05, 0) is 19.8 Å². The summed E-state index contributed by atoms with van der Waals surface area (Å²) in [5, 5.41) is 10.6. The molecule has 0 spiro atoms. The fraction of sp³-hybridized carbons (Fsp3) is 0.571. The first-order valence-electron chi connectivity index (χ1n) is 7.56. The van der Waals surface area contributed by atoms with Gasteiger partial charge in [0.15, 0.2) is 0 Å². The molecule has 9 heteroatoms. The summed E-state index contributed by atoms with van der Waals surface area (Å²) < 4.78 is 1.63. The maximum absolute atomic E-state index is 12.5. The SMILES string of the molecule is Cc1ncc2n1C(=O)N(C1CCN(C(=O)CNC(=O)O)CC1)C2. The van der Waals surface area contributed by atoms with Crippen molar-refractivity contribution in [1.82, 2.24) is 24.7 Å². The zero-order chi connectivity index (χ0) is 16.6. The monoisotopic (exact) mass is 321 g/mol. The van der Waals surface area contributed by atoms with Gasteiger partial charge in [-0.1, -0.05) is 0 Å². The molecule has 1 aromatic rings. The predicted octanol–water partition coefficient (Wildman–Crippen LogP) is 0.234. The number of aryl methyl sites for hydroxylation is 1. The number of hydrogen-bond donors (Lipinski definition) is 2. The number of nitrogens with one attached hydrogen (secondary N) is 1. The average molecular weight is 321 g/mol. The zero-order valence-corrected chi connectivity index (χ0v) is 12.9. The van der Waals surface area contributed by atoms with Crippen LogP contribution in [0.4, 0.5) is 9.59 Å². The molecule has 2 N–H and O–H groups in total. The highest BCUT2D eigenvalue weighted by atomic mass is 16.4. The van der Waals surface area contributed by atoms with Gasteiger partial charge in [-0.25, -0.2) is 14.6 Å². The number of carbonyl (C=O) groups is 3. The molecule has 0 bridgehead atoms. The highest BCUT2D eigenvalue weighted by Gasteiger charge is 2.36. The van der Waals surface area contributed by atoms with Gasteiger partial charge in [-0.15, -0.1) is 0 Å². The van der Waals surface area contributed by atoms with Crippen molar-refractivity contribution in [2.24, 2.45) is 0 Å². The van der Waals surface area contributed by atoms with E-state index in [0.717, 1.165) is 5.69 Å². The quantitative estimate of drug-likeness (QED) is 0.829. The van der Waals surface area contributed by atoms with Crippen molar-refractivity contribution in [1.29, 1.82) is 0 Å². The van der Waals surface area contributed by atoms with Crippen molar-refractivity contribution in [3.8, 4) is 0 Å². The molecule has 1 fully saturated rings. The maximum atomic E-state index is 12.5. The molecule has 9 nitrogen and oxygen atoms in total. The van der Waals surface area contributed by atoms with Crippen molar-refractivity contribution in [3.63, 3.8) is 0 Å². The van der Waals surface area contributed by atoms with Crippen LogP contribution in [-0.4, -0.2) is 68.2 Å². The highest BCUT2D eigenvalue weighted by molar-refractivity contribution is 5.82. The molecule has 23 heavy (non-hydrogen) atoms. The Hall–Kier alpha value is -2.58. The Kier molecular flexibility index (Phi) is 3.93. The lowest BCUT2D eigenvalue weighted by molar-refractivity contribution is -0.131. The fourth-order valence-corrected chi connectivity index (χ4v) is 3.21. The summed E-state index contributed by atoms with van der Waals surface area (Å²) >= 11 is 0. The first-order chi connectivity index (χ1) is 11.0. The van der Waals surface area contributed by atoms with E-state index < -0.39 is 6.09 Å². The zero-order valence-electron chi connectivity index (χ0n) is 12.9. The van der Waals surface area contributed by atoms with Crippen molar-refractivity contribution in [2.45, 2.75) is 32.4 Å². The van der Waals surface area contributed by atoms with Crippen LogP contribution in [0.15, 0.2) is 6.20 Å². The number of rotatable bonds is 3. The van der Waals surface area contributed by atoms with Crippen LogP contribution in [0, 0.1) is 6.92 Å². The Morgan fingerprint density at radius 1 is 1.39 bits per heavy atom. The number of hydrogen-bond acceptors (Lipinski definition) is 4. The molecular formula is C14H19N5O4. The van der Waals surface area contributed by atoms with Crippen LogP contribution in [0.2, 0.25) is 0 Å². The summed E-state index contributed by atoms with van der Waals surface area (Å²) in [5.74, 6) is 0.463. The Labute approximate surface area is 132 Å². The predicted molar refractivity (Wildman–Crippen MR) is 78.9 cm³/mol. The van der Waals surface area contributed by atoms with E-state index in [1.165, 1.54) is 0 Å². The molecule has 0 aliphatic carbocycles. The third-order valence-electron chi connectivity index (χ3n) is 4.43. The van der Waals surface area contributed by atoms with Crippen molar-refractivity contribution in [2.75, 3.05) is 19.6 Å². The van der Waals surface area contributed by atoms with Gasteiger partial charge in [0.05, 0.1) is 18.4 Å². The van der Waals surface area contributed by atoms with Crippen LogP contribution < -0.4 is 5.32 Å². The number of imidazole rings is 1. The lowest BCUT2D eigenvalue weighted by Gasteiger charge is -2.36. The summed E-state index contributed by atoms with van der Waals surface area (Å²) in [4.78, 5) is 42.4. The molecule has 0 unspecified atom stereocenters. The minimum absolute atomic E-state index is 0.0488. The summed E-state index contributed by atoms with van der Waals surface area (Å²) in [6.07, 6.45) is 1.91. The van der Waals surface area contributed by atoms with Gasteiger partial charge in [-0.3, -0.25) is 9.36 Å². The molecule has 0 radical (unpaired) electrons. The minimum atomic E-state index is -1.21. The number of aromatic nitrogens is 2. The first-order valence-corrected chi connectivity index (χ1v) is 7.56. The second-order valence-electron chi connectivity index (χ2n) is 5.81. The fourth-order valence-electron chi connectivity index (χ4n) is 3.21. The largest absolute Gasteiger partial charge is 0.465 e. The van der Waals surface area contributed by atoms with Gasteiger partial charge in [0.2, 0.25) is 5.91 Å². The van der Waals surface area contributed by atoms with Gasteiger partial charge in [0.1, 0.15) is 12.4 Å². The van der Waals surface area contributed by atoms with Gasteiger partial charge in [-0.2, -0.15) is 0 Å². The molecule has 2 aliphatic rings. The van der Waals surface area contributed by atoms with E-state index in [0.29, 0.717) is 38.3 Å². The number of carboxylic acid groups (broad SMARTS) is 1. The molecule has 3 heterocycles. The van der Waals surface area contributed by atoms with Crippen LogP contribution in [0.5, 0.6) is 0 Å². The molecule has 0 aromatic carbocycles. The molecule has 124 valence electrons. The van der Waals surface area contributed by atoms with E-state index >= 15 is 0 Å². The Morgan fingerprint density at radius 2 is 2.09 bits per heavy atom. The molecule has 1 saturated heterocycles. The maximum Gasteiger partial charge on any atom is 0.405 e. The van der Waals surface area contributed by atoms with Crippen LogP contribution >= 0.6 is 0 Å². The number of likely N-dealkylation sites (tertiary alicyclic amines) is 1. The Bertz CT molecular complexity index is 648. The Morgan fingerprint density at radius 3 is 2.70 bits per heavy atom. The summed E-state index contributed by atoms with van der Waals surface area (Å²) in [7, 11) is 0. The molecule has 0 saturated carbocycles. The number of carbonyl (C=O) groups excluding carboxylic acids is 2. The molecule has 2 aliphatic heterocycles. The topological polar surface area (TPSA) is 108 Å². The molecule has 1 aromatic heterocycles. The van der Waals surface area contributed by atoms with Gasteiger partial charge < -0.3 is 20.2 Å². The third kappa shape index (κ3) is 2.86. The van der Waals surface area contributed by atoms with Crippen LogP contribution in [0.3, 0.4) is 0 Å². The molecule has 0 atom stereocenters. The van der Waals surface area contributed by atoms with Gasteiger partial charge >= 0.3 is 12.1 Å². The molecule has 3 amide bonds. The number of piperidine rings is 1. The number of fused-ring (bicyclic) bond motifs is 1. The normalized spacial score (nSPS) is 18.2. The van der Waals surface area contributed by atoms with Crippen LogP contribution in [-0.2, 0) is 11.3 Å². The van der Waals surface area contributed by atoms with E-state index in [1.54, 1.807) is 15.7 Å². The third-order valence-corrected chi connectivity index (χ3v) is 4.43. The van der Waals surface area contributed by atoms with Crippen LogP contribution in [0.25, 0.3) is 0 Å². The Balaban J connectivity index is 1.55. The van der Waals surface area contributed by atoms with E-state index in [2.05, 4.69) is 10.3 Å². The number of amides is 3. The summed E-state index contributed by atoms with van der Waals surface area (Å²) in [5.41, 5.74) is 0.900. The first kappa shape index (κ1) is 15.3. The molecular weight excluding hydrogens is 302 g/mol. The van der Waals surface area contributed by atoms with E-state index in [4.69, 9.17) is 5.11 Å². The second kappa shape index (κ2) is 5.90. The minimum Gasteiger partial charge on any atom is -0.465 e. The summed E-state index contributed by atoms with van der Waals surface area (Å²) in [6.45, 7) is 3.21. The molecule has 3 rings (SSSR count). The summed E-state index contributed by atoms with van der Waals surface area (Å²) in [6, 6.07) is 0.0469. The highest BCUT2D eigenvalue weighted by Crippen LogP contribution is 2.25. The van der Waals surface area contributed by atoms with E-state index in [1.807, 2.05) is 11.8 Å². The smallest absolute Gasteiger partial charge is 0.405 e. The van der Waals surface area contributed by atoms with E-state index in [-0.39, 0.29) is 24.5 Å². The standard InChI is InChI=1S/C14H19N5O4/c1-9-15-6-11-8-18(14(23)19(9)11)10-2-4-17(5-3-10)12(20)7-16-13(21)22/h6,10,16H,2-5,7-8H2,1H3,(H,21,22).